The molecule has 0 atom stereocenters. The molecule has 1 N–H and O–H groups in total. The standard InChI is InChI=1S/C18H16N6O4/c1-9-8-15(23(22-9)18-19-12(4)10(2)16(25)21-18)20-17(26)13-6-5-7-14(11(13)3)24(27)28/h5-8H,2H2,1,3-4H3,(H,20,26). The topological polar surface area (TPSA) is 132 Å². The summed E-state index contributed by atoms with van der Waals surface area (Å²) >= 11 is 0. The monoisotopic (exact) mass is 380 g/mol. The van der Waals surface area contributed by atoms with E-state index in [9.17, 15) is 19.7 Å². The first-order valence-corrected chi connectivity index (χ1v) is 8.19. The lowest BCUT2D eigenvalue weighted by molar-refractivity contribution is -0.385. The number of aryl methyl sites for hydroxylation is 1. The fourth-order valence-electron chi connectivity index (χ4n) is 2.64. The molecule has 1 aliphatic heterocycles. The summed E-state index contributed by atoms with van der Waals surface area (Å²) in [4.78, 5) is 43.2. The van der Waals surface area contributed by atoms with E-state index in [-0.39, 0.29) is 34.2 Å². The fourth-order valence-corrected chi connectivity index (χ4v) is 2.64. The summed E-state index contributed by atoms with van der Waals surface area (Å²) in [6.07, 6.45) is 0. The number of aliphatic imine (C=N–C) groups is 2. The highest BCUT2D eigenvalue weighted by Crippen LogP contribution is 2.22. The van der Waals surface area contributed by atoms with E-state index in [1.54, 1.807) is 19.9 Å². The van der Waals surface area contributed by atoms with Crippen molar-refractivity contribution in [2.75, 3.05) is 5.32 Å². The Morgan fingerprint density at radius 1 is 1.25 bits per heavy atom. The van der Waals surface area contributed by atoms with Gasteiger partial charge in [0.2, 0.25) is 0 Å². The zero-order chi connectivity index (χ0) is 20.6. The Morgan fingerprint density at radius 2 is 1.96 bits per heavy atom. The Labute approximate surface area is 159 Å². The predicted octanol–water partition coefficient (Wildman–Crippen LogP) is 2.42. The summed E-state index contributed by atoms with van der Waals surface area (Å²) < 4.78 is 1.23. The van der Waals surface area contributed by atoms with Crippen molar-refractivity contribution >= 4 is 35.0 Å². The van der Waals surface area contributed by atoms with Crippen LogP contribution in [0.5, 0.6) is 0 Å². The van der Waals surface area contributed by atoms with E-state index in [0.717, 1.165) is 0 Å². The molecule has 10 nitrogen and oxygen atoms in total. The first-order valence-electron chi connectivity index (χ1n) is 8.19. The maximum Gasteiger partial charge on any atom is 0.281 e. The fraction of sp³-hybridized carbons (Fsp3) is 0.167. The molecule has 0 unspecified atom stereocenters. The number of rotatable bonds is 3. The van der Waals surface area contributed by atoms with Crippen molar-refractivity contribution in [1.82, 2.24) is 9.78 Å². The van der Waals surface area contributed by atoms with Gasteiger partial charge in [0.1, 0.15) is 5.82 Å². The largest absolute Gasteiger partial charge is 0.306 e. The van der Waals surface area contributed by atoms with E-state index in [4.69, 9.17) is 0 Å². The van der Waals surface area contributed by atoms with Crippen LogP contribution in [0.2, 0.25) is 0 Å². The van der Waals surface area contributed by atoms with E-state index in [1.165, 1.54) is 29.8 Å². The van der Waals surface area contributed by atoms with Gasteiger partial charge in [0.05, 0.1) is 21.9 Å². The van der Waals surface area contributed by atoms with Gasteiger partial charge in [0.15, 0.2) is 0 Å². The van der Waals surface area contributed by atoms with Crippen LogP contribution in [0.15, 0.2) is 46.4 Å². The van der Waals surface area contributed by atoms with Gasteiger partial charge in [-0.25, -0.2) is 4.99 Å². The molecule has 2 heterocycles. The molecule has 0 radical (unpaired) electrons. The van der Waals surface area contributed by atoms with E-state index >= 15 is 0 Å². The highest BCUT2D eigenvalue weighted by molar-refractivity contribution is 6.28. The van der Waals surface area contributed by atoms with Gasteiger partial charge >= 0.3 is 0 Å². The van der Waals surface area contributed by atoms with Crippen LogP contribution in [0, 0.1) is 24.0 Å². The Hall–Kier alpha value is -3.95. The Morgan fingerprint density at radius 3 is 2.61 bits per heavy atom. The summed E-state index contributed by atoms with van der Waals surface area (Å²) in [5.74, 6) is -0.879. The third kappa shape index (κ3) is 3.34. The highest BCUT2D eigenvalue weighted by atomic mass is 16.6. The van der Waals surface area contributed by atoms with Crippen molar-refractivity contribution in [3.05, 3.63) is 63.4 Å². The molecule has 0 saturated carbocycles. The maximum absolute atomic E-state index is 12.7. The SMILES string of the molecule is C=C1C(=O)N=C(n2nc(C)cc2NC(=O)c2cccc([N+](=O)[O-])c2C)N=C1C. The minimum absolute atomic E-state index is 0.00550. The second-order valence-corrected chi connectivity index (χ2v) is 6.14. The molecule has 0 bridgehead atoms. The van der Waals surface area contributed by atoms with Crippen molar-refractivity contribution in [1.29, 1.82) is 0 Å². The number of nitro benzene ring substituents is 1. The molecule has 0 spiro atoms. The van der Waals surface area contributed by atoms with Crippen LogP contribution in [0.3, 0.4) is 0 Å². The molecule has 0 saturated heterocycles. The first-order chi connectivity index (χ1) is 13.2. The summed E-state index contributed by atoms with van der Waals surface area (Å²) in [7, 11) is 0. The van der Waals surface area contributed by atoms with Crippen molar-refractivity contribution in [3.8, 4) is 0 Å². The van der Waals surface area contributed by atoms with Crippen LogP contribution in [-0.4, -0.2) is 38.2 Å². The average molecular weight is 380 g/mol. The number of carbonyl (C=O) groups is 2. The zero-order valence-electron chi connectivity index (χ0n) is 15.4. The number of amides is 2. The molecule has 1 aromatic heterocycles. The van der Waals surface area contributed by atoms with Gasteiger partial charge in [-0.2, -0.15) is 14.8 Å². The smallest absolute Gasteiger partial charge is 0.281 e. The first kappa shape index (κ1) is 18.8. The van der Waals surface area contributed by atoms with E-state index in [1.807, 2.05) is 0 Å². The Kier molecular flexibility index (Phi) is 4.70. The lowest BCUT2D eigenvalue weighted by Gasteiger charge is -2.13. The molecule has 3 rings (SSSR count). The molecule has 1 aliphatic rings. The van der Waals surface area contributed by atoms with E-state index in [0.29, 0.717) is 11.4 Å². The lowest BCUT2D eigenvalue weighted by atomic mass is 10.1. The van der Waals surface area contributed by atoms with Crippen molar-refractivity contribution in [3.63, 3.8) is 0 Å². The van der Waals surface area contributed by atoms with Crippen LogP contribution in [0.1, 0.15) is 28.5 Å². The van der Waals surface area contributed by atoms with Gasteiger partial charge in [-0.15, -0.1) is 0 Å². The highest BCUT2D eigenvalue weighted by Gasteiger charge is 2.23. The number of anilines is 1. The average Bonchev–Trinajstić information content (AvgIpc) is 2.99. The van der Waals surface area contributed by atoms with Crippen molar-refractivity contribution in [2.24, 2.45) is 9.98 Å². The second-order valence-electron chi connectivity index (χ2n) is 6.14. The Bertz CT molecular complexity index is 1110. The molecule has 28 heavy (non-hydrogen) atoms. The van der Waals surface area contributed by atoms with Gasteiger partial charge in [0.25, 0.3) is 23.5 Å². The molecule has 2 amide bonds. The molecular weight excluding hydrogens is 364 g/mol. The quantitative estimate of drug-likeness (QED) is 0.496. The molecule has 2 aromatic rings. The summed E-state index contributed by atoms with van der Waals surface area (Å²) in [6, 6.07) is 5.82. The molecular formula is C18H16N6O4. The molecule has 0 aliphatic carbocycles. The molecule has 10 heteroatoms. The molecule has 0 fully saturated rings. The normalized spacial score (nSPS) is 13.8. The third-order valence-electron chi connectivity index (χ3n) is 4.17. The number of carbonyl (C=O) groups excluding carboxylic acids is 2. The number of hydrogen-bond acceptors (Lipinski definition) is 6. The van der Waals surface area contributed by atoms with Crippen LogP contribution in [0.25, 0.3) is 0 Å². The van der Waals surface area contributed by atoms with Crippen LogP contribution >= 0.6 is 0 Å². The maximum atomic E-state index is 12.7. The number of hydrogen-bond donors (Lipinski definition) is 1. The summed E-state index contributed by atoms with van der Waals surface area (Å²) in [5, 5.41) is 18.0. The number of nitrogens with one attached hydrogen (secondary N) is 1. The van der Waals surface area contributed by atoms with Gasteiger partial charge in [-0.3, -0.25) is 19.7 Å². The second kappa shape index (κ2) is 6.99. The zero-order valence-corrected chi connectivity index (χ0v) is 15.4. The van der Waals surface area contributed by atoms with Crippen LogP contribution in [-0.2, 0) is 4.79 Å². The van der Waals surface area contributed by atoms with Gasteiger partial charge in [-0.05, 0) is 26.8 Å². The van der Waals surface area contributed by atoms with Crippen LogP contribution < -0.4 is 5.32 Å². The van der Waals surface area contributed by atoms with E-state index in [2.05, 4.69) is 27.0 Å². The van der Waals surface area contributed by atoms with Gasteiger partial charge < -0.3 is 5.32 Å². The number of nitro groups is 1. The van der Waals surface area contributed by atoms with Crippen molar-refractivity contribution < 1.29 is 14.5 Å². The van der Waals surface area contributed by atoms with Crippen LogP contribution in [0.4, 0.5) is 11.5 Å². The van der Waals surface area contributed by atoms with Gasteiger partial charge in [0, 0.05) is 23.3 Å². The van der Waals surface area contributed by atoms with Crippen molar-refractivity contribution in [2.45, 2.75) is 20.8 Å². The predicted molar refractivity (Wildman–Crippen MR) is 103 cm³/mol. The summed E-state index contributed by atoms with van der Waals surface area (Å²) in [5.41, 5.74) is 1.37. The minimum Gasteiger partial charge on any atom is -0.306 e. The number of nitrogens with zero attached hydrogens (tertiary/aromatic N) is 5. The summed E-state index contributed by atoms with van der Waals surface area (Å²) in [6.45, 7) is 8.43. The third-order valence-corrected chi connectivity index (χ3v) is 4.17. The minimum atomic E-state index is -0.560. The van der Waals surface area contributed by atoms with Gasteiger partial charge in [-0.1, -0.05) is 12.6 Å². The number of benzene rings is 1. The van der Waals surface area contributed by atoms with E-state index < -0.39 is 16.7 Å². The molecule has 142 valence electrons. The number of aromatic nitrogens is 2. The Balaban J connectivity index is 1.98. The molecule has 1 aromatic carbocycles. The lowest BCUT2D eigenvalue weighted by Crippen LogP contribution is -2.25.